The maximum atomic E-state index is 13.0. The van der Waals surface area contributed by atoms with E-state index in [1.807, 2.05) is 36.4 Å². The molecule has 0 spiro atoms. The minimum Gasteiger partial charge on any atom is -0.490 e. The number of nitrogens with zero attached hydrogens (tertiary/aromatic N) is 1. The molecule has 1 N–H and O–H groups in total. The maximum absolute atomic E-state index is 13.0. The van der Waals surface area contributed by atoms with E-state index in [4.69, 9.17) is 4.74 Å². The summed E-state index contributed by atoms with van der Waals surface area (Å²) in [7, 11) is 0. The van der Waals surface area contributed by atoms with E-state index in [1.165, 1.54) is 12.1 Å². The molecule has 1 aliphatic heterocycles. The molecule has 1 saturated heterocycles. The molecule has 4 rings (SSSR count). The average Bonchev–Trinajstić information content (AvgIpc) is 2.78. The molecule has 0 unspecified atom stereocenters. The number of fused-ring (bicyclic) bond motifs is 1. The van der Waals surface area contributed by atoms with Crippen LogP contribution in [0.15, 0.2) is 60.7 Å². The van der Waals surface area contributed by atoms with Gasteiger partial charge in [-0.3, -0.25) is 4.79 Å². The third-order valence-corrected chi connectivity index (χ3v) is 5.95. The number of rotatable bonds is 6. The van der Waals surface area contributed by atoms with Gasteiger partial charge in [0, 0.05) is 31.2 Å². The van der Waals surface area contributed by atoms with E-state index >= 15 is 0 Å². The highest BCUT2D eigenvalue weighted by Gasteiger charge is 2.22. The molecule has 0 radical (unpaired) electrons. The molecular weight excluding hydrogens is 391 g/mol. The zero-order valence-corrected chi connectivity index (χ0v) is 18.1. The normalized spacial score (nSPS) is 15.4. The van der Waals surface area contributed by atoms with E-state index in [0.29, 0.717) is 18.2 Å². The van der Waals surface area contributed by atoms with Crippen LogP contribution in [0, 0.1) is 5.82 Å². The Morgan fingerprint density at radius 3 is 2.42 bits per heavy atom. The molecule has 0 bridgehead atoms. The zero-order chi connectivity index (χ0) is 21.8. The molecule has 1 aliphatic rings. The first kappa shape index (κ1) is 21.3. The number of benzene rings is 3. The summed E-state index contributed by atoms with van der Waals surface area (Å²) in [4.78, 5) is 15.0. The van der Waals surface area contributed by atoms with Gasteiger partial charge in [0.1, 0.15) is 17.7 Å². The number of carbonyl (C=O) groups excluding carboxylic acids is 1. The molecule has 5 heteroatoms. The van der Waals surface area contributed by atoms with Gasteiger partial charge in [0.15, 0.2) is 0 Å². The third-order valence-electron chi connectivity index (χ3n) is 5.95. The number of likely N-dealkylation sites (tertiary alicyclic amines) is 1. The Bertz CT molecular complexity index is 1040. The Morgan fingerprint density at radius 1 is 1.03 bits per heavy atom. The molecule has 4 nitrogen and oxygen atoms in total. The van der Waals surface area contributed by atoms with Crippen LogP contribution in [-0.4, -0.2) is 36.0 Å². The number of hydrogen-bond donors (Lipinski definition) is 1. The van der Waals surface area contributed by atoms with Crippen molar-refractivity contribution in [2.24, 2.45) is 0 Å². The maximum Gasteiger partial charge on any atom is 0.251 e. The number of piperidine rings is 1. The highest BCUT2D eigenvalue weighted by molar-refractivity contribution is 5.98. The van der Waals surface area contributed by atoms with Crippen LogP contribution in [0.2, 0.25) is 0 Å². The van der Waals surface area contributed by atoms with Crippen LogP contribution in [0.1, 0.15) is 42.6 Å². The summed E-state index contributed by atoms with van der Waals surface area (Å²) < 4.78 is 19.2. The van der Waals surface area contributed by atoms with Crippen LogP contribution in [0.4, 0.5) is 4.39 Å². The fourth-order valence-electron chi connectivity index (χ4n) is 4.03. The van der Waals surface area contributed by atoms with Crippen molar-refractivity contribution in [2.45, 2.75) is 45.4 Å². The summed E-state index contributed by atoms with van der Waals surface area (Å²) in [6, 6.07) is 18.4. The third kappa shape index (κ3) is 5.42. The number of hydrogen-bond acceptors (Lipinski definition) is 3. The first-order chi connectivity index (χ1) is 15.0. The SMILES string of the molecule is CC(C)N1CCC(Oc2ccc3cc(C(=O)NCc4ccc(F)cc4)ccc3c2)CC1. The average molecular weight is 421 g/mol. The minimum absolute atomic E-state index is 0.150. The predicted molar refractivity (Wildman–Crippen MR) is 122 cm³/mol. The van der Waals surface area contributed by atoms with Crippen LogP contribution >= 0.6 is 0 Å². The van der Waals surface area contributed by atoms with E-state index in [0.717, 1.165) is 48.0 Å². The van der Waals surface area contributed by atoms with E-state index < -0.39 is 0 Å². The molecule has 3 aromatic carbocycles. The smallest absolute Gasteiger partial charge is 0.251 e. The molecule has 162 valence electrons. The van der Waals surface area contributed by atoms with Crippen LogP contribution in [0.3, 0.4) is 0 Å². The quantitative estimate of drug-likeness (QED) is 0.599. The van der Waals surface area contributed by atoms with Crippen molar-refractivity contribution in [3.63, 3.8) is 0 Å². The van der Waals surface area contributed by atoms with Crippen molar-refractivity contribution >= 4 is 16.7 Å². The number of nitrogens with one attached hydrogen (secondary N) is 1. The predicted octanol–water partition coefficient (Wildman–Crippen LogP) is 5.16. The lowest BCUT2D eigenvalue weighted by Crippen LogP contribution is -2.41. The Balaban J connectivity index is 1.37. The fraction of sp³-hybridized carbons (Fsp3) is 0.346. The van der Waals surface area contributed by atoms with Gasteiger partial charge in [-0.05, 0) is 79.4 Å². The van der Waals surface area contributed by atoms with Gasteiger partial charge < -0.3 is 15.0 Å². The van der Waals surface area contributed by atoms with Gasteiger partial charge in [-0.25, -0.2) is 4.39 Å². The molecule has 0 aliphatic carbocycles. The van der Waals surface area contributed by atoms with Gasteiger partial charge in [0.2, 0.25) is 0 Å². The second kappa shape index (κ2) is 9.48. The van der Waals surface area contributed by atoms with Crippen LogP contribution < -0.4 is 10.1 Å². The highest BCUT2D eigenvalue weighted by atomic mass is 19.1. The summed E-state index contributed by atoms with van der Waals surface area (Å²) >= 11 is 0. The van der Waals surface area contributed by atoms with Gasteiger partial charge in [-0.2, -0.15) is 0 Å². The summed E-state index contributed by atoms with van der Waals surface area (Å²) in [5.74, 6) is 0.446. The lowest BCUT2D eigenvalue weighted by atomic mass is 10.0. The molecule has 3 aromatic rings. The van der Waals surface area contributed by atoms with Crippen LogP contribution in [0.5, 0.6) is 5.75 Å². The highest BCUT2D eigenvalue weighted by Crippen LogP contribution is 2.25. The van der Waals surface area contributed by atoms with E-state index in [1.54, 1.807) is 12.1 Å². The van der Waals surface area contributed by atoms with Crippen molar-refractivity contribution in [1.29, 1.82) is 0 Å². The summed E-state index contributed by atoms with van der Waals surface area (Å²) in [5, 5.41) is 4.93. The molecule has 31 heavy (non-hydrogen) atoms. The Hall–Kier alpha value is -2.92. The van der Waals surface area contributed by atoms with Gasteiger partial charge in [-0.15, -0.1) is 0 Å². The van der Waals surface area contributed by atoms with Crippen LogP contribution in [-0.2, 0) is 6.54 Å². The first-order valence-corrected chi connectivity index (χ1v) is 10.9. The van der Waals surface area contributed by atoms with E-state index in [9.17, 15) is 9.18 Å². The molecule has 0 saturated carbocycles. The standard InChI is InChI=1S/C26H29FN2O2/c1-18(2)29-13-11-24(12-14-29)31-25-10-7-20-15-22(6-5-21(20)16-25)26(30)28-17-19-3-8-23(27)9-4-19/h3-10,15-16,18,24H,11-14,17H2,1-2H3,(H,28,30). The molecule has 0 atom stereocenters. The number of halogens is 1. The van der Waals surface area contributed by atoms with E-state index in [2.05, 4.69) is 24.1 Å². The lowest BCUT2D eigenvalue weighted by molar-refractivity contribution is 0.0844. The van der Waals surface area contributed by atoms with Crippen molar-refractivity contribution < 1.29 is 13.9 Å². The number of amides is 1. The molecule has 1 heterocycles. The van der Waals surface area contributed by atoms with Crippen molar-refractivity contribution in [3.05, 3.63) is 77.6 Å². The molecule has 0 aromatic heterocycles. The zero-order valence-electron chi connectivity index (χ0n) is 18.1. The topological polar surface area (TPSA) is 41.6 Å². The van der Waals surface area contributed by atoms with Gasteiger partial charge in [0.25, 0.3) is 5.91 Å². The lowest BCUT2D eigenvalue weighted by Gasteiger charge is -2.34. The van der Waals surface area contributed by atoms with Gasteiger partial charge in [0.05, 0.1) is 0 Å². The van der Waals surface area contributed by atoms with Gasteiger partial charge in [-0.1, -0.05) is 24.3 Å². The summed E-state index contributed by atoms with van der Waals surface area (Å²) in [5.41, 5.74) is 1.46. The van der Waals surface area contributed by atoms with Gasteiger partial charge >= 0.3 is 0 Å². The summed E-state index contributed by atoms with van der Waals surface area (Å²) in [6.45, 7) is 6.99. The summed E-state index contributed by atoms with van der Waals surface area (Å²) in [6.07, 6.45) is 2.34. The van der Waals surface area contributed by atoms with E-state index in [-0.39, 0.29) is 17.8 Å². The second-order valence-electron chi connectivity index (χ2n) is 8.48. The Morgan fingerprint density at radius 2 is 1.71 bits per heavy atom. The molecular formula is C26H29FN2O2. The van der Waals surface area contributed by atoms with Crippen molar-refractivity contribution in [1.82, 2.24) is 10.2 Å². The number of ether oxygens (including phenoxy) is 1. The first-order valence-electron chi connectivity index (χ1n) is 10.9. The van der Waals surface area contributed by atoms with Crippen LogP contribution in [0.25, 0.3) is 10.8 Å². The number of carbonyl (C=O) groups is 1. The minimum atomic E-state index is -0.283. The Labute approximate surface area is 183 Å². The fourth-order valence-corrected chi connectivity index (χ4v) is 4.03. The monoisotopic (exact) mass is 420 g/mol. The molecule has 1 amide bonds. The molecule has 1 fully saturated rings. The largest absolute Gasteiger partial charge is 0.490 e. The Kier molecular flexibility index (Phi) is 6.52. The van der Waals surface area contributed by atoms with Crippen molar-refractivity contribution in [2.75, 3.05) is 13.1 Å². The second-order valence-corrected chi connectivity index (χ2v) is 8.48. The van der Waals surface area contributed by atoms with Crippen molar-refractivity contribution in [3.8, 4) is 5.75 Å².